The van der Waals surface area contributed by atoms with Gasteiger partial charge in [-0.2, -0.15) is 0 Å². The second-order valence-electron chi connectivity index (χ2n) is 4.63. The Kier molecular flexibility index (Phi) is 4.48. The van der Waals surface area contributed by atoms with Crippen LogP contribution in [0.25, 0.3) is 10.8 Å². The zero-order valence-electron chi connectivity index (χ0n) is 10.9. The van der Waals surface area contributed by atoms with Crippen molar-refractivity contribution < 1.29 is 4.79 Å². The predicted molar refractivity (Wildman–Crippen MR) is 83.9 cm³/mol. The molecule has 0 aromatic heterocycles. The first-order chi connectivity index (χ1) is 9.02. The minimum atomic E-state index is -0.00188. The molecule has 0 saturated heterocycles. The Morgan fingerprint density at radius 2 is 1.89 bits per heavy atom. The van der Waals surface area contributed by atoms with Gasteiger partial charge in [-0.3, -0.25) is 4.79 Å². The van der Waals surface area contributed by atoms with E-state index in [9.17, 15) is 4.79 Å². The second kappa shape index (κ2) is 5.93. The van der Waals surface area contributed by atoms with Crippen LogP contribution in [0.5, 0.6) is 0 Å². The van der Waals surface area contributed by atoms with Gasteiger partial charge in [-0.05, 0) is 42.0 Å². The highest BCUT2D eigenvalue weighted by atomic mass is 79.9. The molecule has 1 amide bonds. The van der Waals surface area contributed by atoms with E-state index in [2.05, 4.69) is 15.9 Å². The summed E-state index contributed by atoms with van der Waals surface area (Å²) in [5.41, 5.74) is 0.689. The van der Waals surface area contributed by atoms with Crippen LogP contribution in [-0.2, 0) is 0 Å². The highest BCUT2D eigenvalue weighted by molar-refractivity contribution is 9.10. The molecule has 100 valence electrons. The lowest BCUT2D eigenvalue weighted by Gasteiger charge is -2.23. The lowest BCUT2D eigenvalue weighted by atomic mass is 10.1. The highest BCUT2D eigenvalue weighted by Crippen LogP contribution is 2.21. The van der Waals surface area contributed by atoms with Gasteiger partial charge in [0.1, 0.15) is 0 Å². The van der Waals surface area contributed by atoms with Crippen LogP contribution in [0.15, 0.2) is 40.9 Å². The van der Waals surface area contributed by atoms with E-state index in [1.807, 2.05) is 43.3 Å². The van der Waals surface area contributed by atoms with Gasteiger partial charge >= 0.3 is 0 Å². The molecule has 0 aliphatic carbocycles. The number of fused-ring (bicyclic) bond motifs is 1. The summed E-state index contributed by atoms with van der Waals surface area (Å²) in [7, 11) is 1.78. The number of hydrogen-bond acceptors (Lipinski definition) is 1. The molecule has 19 heavy (non-hydrogen) atoms. The van der Waals surface area contributed by atoms with Crippen LogP contribution in [0, 0.1) is 0 Å². The van der Waals surface area contributed by atoms with E-state index < -0.39 is 0 Å². The summed E-state index contributed by atoms with van der Waals surface area (Å²) in [6.45, 7) is 1.93. The molecule has 2 nitrogen and oxygen atoms in total. The van der Waals surface area contributed by atoms with Crippen molar-refractivity contribution in [1.29, 1.82) is 0 Å². The average Bonchev–Trinajstić information content (AvgIpc) is 2.44. The normalized spacial score (nSPS) is 12.4. The minimum Gasteiger partial charge on any atom is -0.338 e. The second-order valence-corrected chi connectivity index (χ2v) is 5.85. The number of rotatable bonds is 3. The third-order valence-electron chi connectivity index (χ3n) is 3.25. The van der Waals surface area contributed by atoms with Crippen LogP contribution < -0.4 is 0 Å². The average molecular weight is 341 g/mol. The number of hydrogen-bond donors (Lipinski definition) is 0. The summed E-state index contributed by atoms with van der Waals surface area (Å²) in [5.74, 6) is 0.431. The molecule has 2 aromatic carbocycles. The van der Waals surface area contributed by atoms with Gasteiger partial charge in [0.05, 0.1) is 0 Å². The van der Waals surface area contributed by atoms with Gasteiger partial charge in [0, 0.05) is 29.0 Å². The molecule has 0 N–H and O–H groups in total. The largest absolute Gasteiger partial charge is 0.338 e. The molecule has 0 saturated carbocycles. The third kappa shape index (κ3) is 3.10. The summed E-state index contributed by atoms with van der Waals surface area (Å²) in [6.07, 6.45) is 0. The Hall–Kier alpha value is -1.06. The fraction of sp³-hybridized carbons (Fsp3) is 0.267. The zero-order valence-corrected chi connectivity index (χ0v) is 13.2. The molecule has 1 unspecified atom stereocenters. The molecule has 2 rings (SSSR count). The van der Waals surface area contributed by atoms with Gasteiger partial charge in [-0.1, -0.05) is 28.1 Å². The van der Waals surface area contributed by atoms with Crippen molar-refractivity contribution >= 4 is 44.2 Å². The maximum atomic E-state index is 12.3. The van der Waals surface area contributed by atoms with Gasteiger partial charge in [-0.25, -0.2) is 0 Å². The van der Waals surface area contributed by atoms with Crippen molar-refractivity contribution in [3.05, 3.63) is 46.4 Å². The molecule has 0 spiro atoms. The fourth-order valence-electron chi connectivity index (χ4n) is 1.86. The van der Waals surface area contributed by atoms with E-state index in [1.54, 1.807) is 11.9 Å². The molecule has 0 aliphatic heterocycles. The number of amides is 1. The number of benzene rings is 2. The maximum Gasteiger partial charge on any atom is 0.253 e. The van der Waals surface area contributed by atoms with Crippen LogP contribution in [0.4, 0.5) is 0 Å². The van der Waals surface area contributed by atoms with Crippen LogP contribution >= 0.6 is 27.5 Å². The van der Waals surface area contributed by atoms with Gasteiger partial charge < -0.3 is 4.90 Å². The van der Waals surface area contributed by atoms with E-state index in [0.29, 0.717) is 11.4 Å². The standard InChI is InChI=1S/C15H15BrClNO/c1-10(9-17)18(2)15(19)13-4-3-12-8-14(16)6-5-11(12)7-13/h3-8,10H,9H2,1-2H3. The van der Waals surface area contributed by atoms with Crippen molar-refractivity contribution in [2.45, 2.75) is 13.0 Å². The monoisotopic (exact) mass is 339 g/mol. The van der Waals surface area contributed by atoms with Crippen molar-refractivity contribution in [3.63, 3.8) is 0 Å². The fourth-order valence-corrected chi connectivity index (χ4v) is 2.44. The molecule has 0 radical (unpaired) electrons. The van der Waals surface area contributed by atoms with Gasteiger partial charge in [0.2, 0.25) is 0 Å². The summed E-state index contributed by atoms with van der Waals surface area (Å²) in [6, 6.07) is 11.8. The molecule has 0 aliphatic rings. The summed E-state index contributed by atoms with van der Waals surface area (Å²) in [4.78, 5) is 14.0. The van der Waals surface area contributed by atoms with Crippen molar-refractivity contribution in [2.24, 2.45) is 0 Å². The Labute approximate surface area is 126 Å². The lowest BCUT2D eigenvalue weighted by molar-refractivity contribution is 0.0757. The maximum absolute atomic E-state index is 12.3. The van der Waals surface area contributed by atoms with Crippen molar-refractivity contribution in [3.8, 4) is 0 Å². The van der Waals surface area contributed by atoms with Gasteiger partial charge in [0.15, 0.2) is 0 Å². The summed E-state index contributed by atoms with van der Waals surface area (Å²) < 4.78 is 1.03. The molecule has 0 bridgehead atoms. The van der Waals surface area contributed by atoms with Crippen molar-refractivity contribution in [2.75, 3.05) is 12.9 Å². The van der Waals surface area contributed by atoms with E-state index >= 15 is 0 Å². The Balaban J connectivity index is 2.35. The van der Waals surface area contributed by atoms with Gasteiger partial charge in [-0.15, -0.1) is 11.6 Å². The van der Waals surface area contributed by atoms with Gasteiger partial charge in [0.25, 0.3) is 5.91 Å². The Bertz CT molecular complexity index is 614. The topological polar surface area (TPSA) is 20.3 Å². The number of nitrogens with zero attached hydrogens (tertiary/aromatic N) is 1. The van der Waals surface area contributed by atoms with E-state index in [-0.39, 0.29) is 11.9 Å². The molecule has 2 aromatic rings. The Morgan fingerprint density at radius 1 is 1.26 bits per heavy atom. The summed E-state index contributed by atoms with van der Waals surface area (Å²) >= 11 is 9.23. The highest BCUT2D eigenvalue weighted by Gasteiger charge is 2.16. The molecular formula is C15H15BrClNO. The van der Waals surface area contributed by atoms with Crippen LogP contribution in [0.3, 0.4) is 0 Å². The predicted octanol–water partition coefficient (Wildman–Crippen LogP) is 4.30. The van der Waals surface area contributed by atoms with Crippen molar-refractivity contribution in [1.82, 2.24) is 4.90 Å². The molecule has 4 heteroatoms. The molecule has 1 atom stereocenters. The smallest absolute Gasteiger partial charge is 0.253 e. The first kappa shape index (κ1) is 14.4. The third-order valence-corrected chi connectivity index (χ3v) is 4.19. The van der Waals surface area contributed by atoms with Crippen LogP contribution in [-0.4, -0.2) is 29.8 Å². The Morgan fingerprint density at radius 3 is 2.58 bits per heavy atom. The first-order valence-electron chi connectivity index (χ1n) is 6.05. The van der Waals surface area contributed by atoms with E-state index in [0.717, 1.165) is 15.2 Å². The minimum absolute atomic E-state index is 0.00188. The number of carbonyl (C=O) groups excluding carboxylic acids is 1. The van der Waals surface area contributed by atoms with Crippen LogP contribution in [0.1, 0.15) is 17.3 Å². The first-order valence-corrected chi connectivity index (χ1v) is 7.38. The summed E-state index contributed by atoms with van der Waals surface area (Å²) in [5, 5.41) is 2.17. The molecule has 0 fully saturated rings. The SMILES string of the molecule is CC(CCl)N(C)C(=O)c1ccc2cc(Br)ccc2c1. The van der Waals surface area contributed by atoms with Crippen LogP contribution in [0.2, 0.25) is 0 Å². The van der Waals surface area contributed by atoms with E-state index in [4.69, 9.17) is 11.6 Å². The lowest BCUT2D eigenvalue weighted by Crippen LogP contribution is -2.36. The molecule has 0 heterocycles. The quantitative estimate of drug-likeness (QED) is 0.763. The van der Waals surface area contributed by atoms with E-state index in [1.165, 1.54) is 0 Å². The number of alkyl halides is 1. The molecular weight excluding hydrogens is 326 g/mol. The zero-order chi connectivity index (χ0) is 14.0. The number of halogens is 2. The number of carbonyl (C=O) groups is 1.